The highest BCUT2D eigenvalue weighted by Gasteiger charge is 2.24. The molecule has 0 aromatic carbocycles. The summed E-state index contributed by atoms with van der Waals surface area (Å²) < 4.78 is 1.65. The topological polar surface area (TPSA) is 50.2 Å². The molecular weight excluding hydrogens is 264 g/mol. The number of piperidine rings is 1. The number of hydrogen-bond acceptors (Lipinski definition) is 3. The van der Waals surface area contributed by atoms with Gasteiger partial charge in [0.2, 0.25) is 0 Å². The minimum absolute atomic E-state index is 0. The van der Waals surface area contributed by atoms with Crippen molar-refractivity contribution in [3.63, 3.8) is 0 Å². The SMILES string of the molecule is CCNCC1CCN(C(=O)c2ccnn2C)CC1.Cl. The summed E-state index contributed by atoms with van der Waals surface area (Å²) in [5.74, 6) is 0.817. The molecule has 0 saturated carbocycles. The van der Waals surface area contributed by atoms with Crippen LogP contribution in [0, 0.1) is 5.92 Å². The van der Waals surface area contributed by atoms with Crippen molar-refractivity contribution < 1.29 is 4.79 Å². The maximum absolute atomic E-state index is 12.3. The Balaban J connectivity index is 0.00000180. The molecule has 1 amide bonds. The van der Waals surface area contributed by atoms with Crippen molar-refractivity contribution in [3.05, 3.63) is 18.0 Å². The number of nitrogens with one attached hydrogen (secondary N) is 1. The molecular formula is C13H23ClN4O. The number of aryl methyl sites for hydroxylation is 1. The van der Waals surface area contributed by atoms with Crippen molar-refractivity contribution in [3.8, 4) is 0 Å². The minimum Gasteiger partial charge on any atom is -0.337 e. The van der Waals surface area contributed by atoms with Crippen LogP contribution in [-0.2, 0) is 7.05 Å². The maximum atomic E-state index is 12.3. The number of likely N-dealkylation sites (tertiary alicyclic amines) is 1. The molecule has 0 radical (unpaired) electrons. The fourth-order valence-electron chi connectivity index (χ4n) is 2.43. The second kappa shape index (κ2) is 7.50. The van der Waals surface area contributed by atoms with E-state index in [1.807, 2.05) is 11.9 Å². The second-order valence-electron chi connectivity index (χ2n) is 4.88. The normalized spacial score (nSPS) is 16.2. The molecule has 0 bridgehead atoms. The zero-order valence-electron chi connectivity index (χ0n) is 11.6. The first-order valence-corrected chi connectivity index (χ1v) is 6.70. The highest BCUT2D eigenvalue weighted by Crippen LogP contribution is 2.18. The lowest BCUT2D eigenvalue weighted by Gasteiger charge is -2.32. The lowest BCUT2D eigenvalue weighted by molar-refractivity contribution is 0.0679. The fraction of sp³-hybridized carbons (Fsp3) is 0.692. The Morgan fingerprint density at radius 1 is 1.47 bits per heavy atom. The predicted molar refractivity (Wildman–Crippen MR) is 77.6 cm³/mol. The van der Waals surface area contributed by atoms with Gasteiger partial charge in [-0.2, -0.15) is 5.10 Å². The van der Waals surface area contributed by atoms with Crippen LogP contribution in [0.15, 0.2) is 12.3 Å². The van der Waals surface area contributed by atoms with Crippen LogP contribution < -0.4 is 5.32 Å². The number of hydrogen-bond donors (Lipinski definition) is 1. The molecule has 19 heavy (non-hydrogen) atoms. The summed E-state index contributed by atoms with van der Waals surface area (Å²) in [6.07, 6.45) is 3.86. The number of carbonyl (C=O) groups excluding carboxylic acids is 1. The summed E-state index contributed by atoms with van der Waals surface area (Å²) in [5.41, 5.74) is 0.681. The number of aromatic nitrogens is 2. The Labute approximate surface area is 120 Å². The molecule has 6 heteroatoms. The van der Waals surface area contributed by atoms with Gasteiger partial charge in [-0.1, -0.05) is 6.92 Å². The van der Waals surface area contributed by atoms with Crippen LogP contribution in [-0.4, -0.2) is 46.8 Å². The first-order valence-electron chi connectivity index (χ1n) is 6.70. The standard InChI is InChI=1S/C13H22N4O.ClH/c1-3-14-10-11-5-8-17(9-6-11)13(18)12-4-7-15-16(12)2;/h4,7,11,14H,3,5-6,8-10H2,1-2H3;1H. The van der Waals surface area contributed by atoms with Crippen LogP contribution in [0.1, 0.15) is 30.3 Å². The molecule has 0 spiro atoms. The molecule has 1 aliphatic heterocycles. The summed E-state index contributed by atoms with van der Waals surface area (Å²) in [6.45, 7) is 5.94. The van der Waals surface area contributed by atoms with Gasteiger partial charge in [-0.05, 0) is 37.9 Å². The van der Waals surface area contributed by atoms with Gasteiger partial charge in [0.05, 0.1) is 0 Å². The maximum Gasteiger partial charge on any atom is 0.272 e. The smallest absolute Gasteiger partial charge is 0.272 e. The Bertz CT molecular complexity index is 399. The number of nitrogens with zero attached hydrogens (tertiary/aromatic N) is 3. The number of rotatable bonds is 4. The molecule has 1 aromatic rings. The monoisotopic (exact) mass is 286 g/mol. The van der Waals surface area contributed by atoms with Gasteiger partial charge in [0.25, 0.3) is 5.91 Å². The average molecular weight is 287 g/mol. The lowest BCUT2D eigenvalue weighted by Crippen LogP contribution is -2.41. The van der Waals surface area contributed by atoms with E-state index in [0.29, 0.717) is 11.6 Å². The highest BCUT2D eigenvalue weighted by atomic mass is 35.5. The van der Waals surface area contributed by atoms with E-state index in [-0.39, 0.29) is 18.3 Å². The van der Waals surface area contributed by atoms with Crippen LogP contribution in [0.4, 0.5) is 0 Å². The van der Waals surface area contributed by atoms with Crippen molar-refractivity contribution >= 4 is 18.3 Å². The van der Waals surface area contributed by atoms with E-state index >= 15 is 0 Å². The van der Waals surface area contributed by atoms with Crippen molar-refractivity contribution in [1.82, 2.24) is 20.0 Å². The summed E-state index contributed by atoms with van der Waals surface area (Å²) >= 11 is 0. The third-order valence-corrected chi connectivity index (χ3v) is 3.62. The van der Waals surface area contributed by atoms with Gasteiger partial charge in [-0.15, -0.1) is 12.4 Å². The molecule has 2 heterocycles. The van der Waals surface area contributed by atoms with E-state index in [2.05, 4.69) is 17.3 Å². The summed E-state index contributed by atoms with van der Waals surface area (Å²) in [5, 5.41) is 7.43. The molecule has 1 aliphatic rings. The summed E-state index contributed by atoms with van der Waals surface area (Å²) in [6, 6.07) is 1.78. The van der Waals surface area contributed by atoms with Crippen LogP contribution in [0.2, 0.25) is 0 Å². The Hall–Kier alpha value is -1.07. The van der Waals surface area contributed by atoms with Crippen LogP contribution >= 0.6 is 12.4 Å². The molecule has 1 N–H and O–H groups in total. The van der Waals surface area contributed by atoms with E-state index in [4.69, 9.17) is 0 Å². The molecule has 0 atom stereocenters. The predicted octanol–water partition coefficient (Wildman–Crippen LogP) is 1.30. The molecule has 1 saturated heterocycles. The Morgan fingerprint density at radius 3 is 2.68 bits per heavy atom. The van der Waals surface area contributed by atoms with Crippen LogP contribution in [0.5, 0.6) is 0 Å². The zero-order chi connectivity index (χ0) is 13.0. The van der Waals surface area contributed by atoms with Crippen molar-refractivity contribution in [2.75, 3.05) is 26.2 Å². The highest BCUT2D eigenvalue weighted by molar-refractivity contribution is 5.92. The number of amides is 1. The first-order chi connectivity index (χ1) is 8.72. The molecule has 1 fully saturated rings. The molecule has 5 nitrogen and oxygen atoms in total. The molecule has 2 rings (SSSR count). The van der Waals surface area contributed by atoms with Gasteiger partial charge in [-0.25, -0.2) is 0 Å². The third-order valence-electron chi connectivity index (χ3n) is 3.62. The van der Waals surface area contributed by atoms with Gasteiger partial charge < -0.3 is 10.2 Å². The van der Waals surface area contributed by atoms with Gasteiger partial charge in [0.1, 0.15) is 5.69 Å². The largest absolute Gasteiger partial charge is 0.337 e. The quantitative estimate of drug-likeness (QED) is 0.908. The zero-order valence-corrected chi connectivity index (χ0v) is 12.4. The Morgan fingerprint density at radius 2 is 2.16 bits per heavy atom. The fourth-order valence-corrected chi connectivity index (χ4v) is 2.43. The van der Waals surface area contributed by atoms with Gasteiger partial charge in [0, 0.05) is 26.3 Å². The first kappa shape index (κ1) is 16.0. The van der Waals surface area contributed by atoms with Crippen molar-refractivity contribution in [1.29, 1.82) is 0 Å². The Kier molecular flexibility index (Phi) is 6.31. The molecule has 1 aromatic heterocycles. The van der Waals surface area contributed by atoms with Crippen LogP contribution in [0.25, 0.3) is 0 Å². The minimum atomic E-state index is 0. The van der Waals surface area contributed by atoms with Crippen molar-refractivity contribution in [2.45, 2.75) is 19.8 Å². The lowest BCUT2D eigenvalue weighted by atomic mass is 9.96. The summed E-state index contributed by atoms with van der Waals surface area (Å²) in [4.78, 5) is 14.2. The molecule has 0 unspecified atom stereocenters. The van der Waals surface area contributed by atoms with E-state index in [1.54, 1.807) is 16.9 Å². The average Bonchev–Trinajstić information content (AvgIpc) is 2.82. The second-order valence-corrected chi connectivity index (χ2v) is 4.88. The van der Waals surface area contributed by atoms with E-state index in [1.165, 1.54) is 0 Å². The van der Waals surface area contributed by atoms with E-state index in [9.17, 15) is 4.79 Å². The van der Waals surface area contributed by atoms with Gasteiger partial charge >= 0.3 is 0 Å². The third kappa shape index (κ3) is 3.94. The van der Waals surface area contributed by atoms with Crippen molar-refractivity contribution in [2.24, 2.45) is 13.0 Å². The number of halogens is 1. The molecule has 0 aliphatic carbocycles. The van der Waals surface area contributed by atoms with E-state index in [0.717, 1.165) is 39.0 Å². The van der Waals surface area contributed by atoms with Gasteiger partial charge in [-0.3, -0.25) is 9.48 Å². The molecule has 108 valence electrons. The summed E-state index contributed by atoms with van der Waals surface area (Å²) in [7, 11) is 1.81. The number of carbonyl (C=O) groups is 1. The van der Waals surface area contributed by atoms with Gasteiger partial charge in [0.15, 0.2) is 0 Å². The van der Waals surface area contributed by atoms with Crippen LogP contribution in [0.3, 0.4) is 0 Å². The van der Waals surface area contributed by atoms with E-state index < -0.39 is 0 Å².